The van der Waals surface area contributed by atoms with Crippen molar-refractivity contribution in [2.45, 2.75) is 6.92 Å². The topological polar surface area (TPSA) is 50.4 Å². The minimum Gasteiger partial charge on any atom is -0.360 e. The third kappa shape index (κ3) is 1.78. The molecule has 0 aliphatic carbocycles. The van der Waals surface area contributed by atoms with Crippen molar-refractivity contribution >= 4 is 44.2 Å². The van der Waals surface area contributed by atoms with E-state index in [2.05, 4.69) is 26.3 Å². The molecule has 23 heavy (non-hydrogen) atoms. The first kappa shape index (κ1) is 13.4. The highest BCUT2D eigenvalue weighted by molar-refractivity contribution is 7.20. The maximum absolute atomic E-state index is 6.39. The number of nitrogens with one attached hydrogen (secondary N) is 1. The monoisotopic (exact) mass is 359 g/mol. The van der Waals surface area contributed by atoms with Gasteiger partial charge in [-0.3, -0.25) is 8.80 Å². The standard InChI is InChI=1S/C15H10ClN5S2/c1-8-12(11-13(16)19-15-20(11)5-6-22-15)23-14-18-7-10(21(8)14)9-3-2-4-17-9/h2-7,17H,1H3. The number of hydrogen-bond donors (Lipinski definition) is 1. The molecular formula is C15H10ClN5S2. The van der Waals surface area contributed by atoms with Crippen LogP contribution < -0.4 is 0 Å². The Morgan fingerprint density at radius 1 is 1.30 bits per heavy atom. The lowest BCUT2D eigenvalue weighted by Crippen LogP contribution is -1.91. The van der Waals surface area contributed by atoms with Crippen LogP contribution in [-0.2, 0) is 0 Å². The second-order valence-corrected chi connectivity index (χ2v) is 7.38. The van der Waals surface area contributed by atoms with E-state index in [1.807, 2.05) is 40.5 Å². The van der Waals surface area contributed by atoms with Gasteiger partial charge >= 0.3 is 0 Å². The summed E-state index contributed by atoms with van der Waals surface area (Å²) in [4.78, 5) is 15.2. The van der Waals surface area contributed by atoms with E-state index in [-0.39, 0.29) is 0 Å². The molecule has 5 aromatic rings. The molecule has 0 unspecified atom stereocenters. The van der Waals surface area contributed by atoms with E-state index in [1.54, 1.807) is 22.7 Å². The van der Waals surface area contributed by atoms with Crippen LogP contribution in [0.1, 0.15) is 5.69 Å². The molecule has 5 heterocycles. The normalized spacial score (nSPS) is 11.9. The Labute approximate surface area is 143 Å². The van der Waals surface area contributed by atoms with Crippen molar-refractivity contribution in [3.05, 3.63) is 47.0 Å². The van der Waals surface area contributed by atoms with Crippen LogP contribution in [-0.4, -0.2) is 23.8 Å². The molecule has 5 aromatic heterocycles. The third-order valence-electron chi connectivity index (χ3n) is 3.90. The molecule has 0 bridgehead atoms. The largest absolute Gasteiger partial charge is 0.360 e. The van der Waals surface area contributed by atoms with Gasteiger partial charge in [-0.05, 0) is 19.1 Å². The fourth-order valence-electron chi connectivity index (χ4n) is 2.86. The van der Waals surface area contributed by atoms with Gasteiger partial charge in [0.2, 0.25) is 0 Å². The van der Waals surface area contributed by atoms with Gasteiger partial charge in [0.25, 0.3) is 0 Å². The van der Waals surface area contributed by atoms with Gasteiger partial charge in [0, 0.05) is 23.5 Å². The van der Waals surface area contributed by atoms with Crippen LogP contribution in [0.5, 0.6) is 0 Å². The van der Waals surface area contributed by atoms with E-state index in [9.17, 15) is 0 Å². The average Bonchev–Trinajstić information content (AvgIpc) is 3.28. The van der Waals surface area contributed by atoms with Crippen LogP contribution in [0.2, 0.25) is 5.15 Å². The van der Waals surface area contributed by atoms with Gasteiger partial charge in [-0.15, -0.1) is 11.3 Å². The number of imidazole rings is 2. The van der Waals surface area contributed by atoms with E-state index in [1.165, 1.54) is 0 Å². The van der Waals surface area contributed by atoms with Gasteiger partial charge in [0.1, 0.15) is 5.69 Å². The van der Waals surface area contributed by atoms with Crippen molar-refractivity contribution < 1.29 is 0 Å². The van der Waals surface area contributed by atoms with Crippen molar-refractivity contribution in [2.24, 2.45) is 0 Å². The van der Waals surface area contributed by atoms with Crippen LogP contribution in [0.15, 0.2) is 36.1 Å². The zero-order valence-electron chi connectivity index (χ0n) is 11.9. The smallest absolute Gasteiger partial charge is 0.195 e. The number of aromatic amines is 1. The number of hydrogen-bond acceptors (Lipinski definition) is 4. The first-order valence-electron chi connectivity index (χ1n) is 6.96. The molecule has 0 fully saturated rings. The summed E-state index contributed by atoms with van der Waals surface area (Å²) in [6.07, 6.45) is 5.81. The fourth-order valence-corrected chi connectivity index (χ4v) is 5.09. The highest BCUT2D eigenvalue weighted by atomic mass is 35.5. The van der Waals surface area contributed by atoms with E-state index in [0.717, 1.165) is 37.6 Å². The lowest BCUT2D eigenvalue weighted by Gasteiger charge is -2.02. The third-order valence-corrected chi connectivity index (χ3v) is 6.08. The van der Waals surface area contributed by atoms with Crippen molar-refractivity contribution in [3.8, 4) is 22.0 Å². The number of aromatic nitrogens is 5. The molecule has 5 rings (SSSR count). The highest BCUT2D eigenvalue weighted by Crippen LogP contribution is 2.39. The summed E-state index contributed by atoms with van der Waals surface area (Å²) in [5, 5.41) is 2.55. The molecule has 0 aromatic carbocycles. The Hall–Kier alpha value is -2.09. The molecule has 0 aliphatic rings. The van der Waals surface area contributed by atoms with Crippen molar-refractivity contribution in [3.63, 3.8) is 0 Å². The van der Waals surface area contributed by atoms with Gasteiger partial charge in [0.15, 0.2) is 15.1 Å². The summed E-state index contributed by atoms with van der Waals surface area (Å²) < 4.78 is 4.20. The molecule has 114 valence electrons. The lowest BCUT2D eigenvalue weighted by molar-refractivity contribution is 1.12. The van der Waals surface area contributed by atoms with E-state index < -0.39 is 0 Å². The highest BCUT2D eigenvalue weighted by Gasteiger charge is 2.21. The molecule has 0 amide bonds. The zero-order valence-corrected chi connectivity index (χ0v) is 14.3. The first-order chi connectivity index (χ1) is 11.2. The summed E-state index contributed by atoms with van der Waals surface area (Å²) >= 11 is 9.60. The first-order valence-corrected chi connectivity index (χ1v) is 9.03. The minimum absolute atomic E-state index is 0.533. The average molecular weight is 360 g/mol. The SMILES string of the molecule is Cc1c(-c2c(Cl)nc3sccn23)sc2ncc(-c3ccc[nH]3)n12. The molecule has 0 radical (unpaired) electrons. The summed E-state index contributed by atoms with van der Waals surface area (Å²) in [5.41, 5.74) is 4.15. The van der Waals surface area contributed by atoms with Crippen molar-refractivity contribution in [1.82, 2.24) is 23.8 Å². The van der Waals surface area contributed by atoms with Crippen LogP contribution >= 0.6 is 34.3 Å². The molecule has 0 saturated heterocycles. The summed E-state index contributed by atoms with van der Waals surface area (Å²) in [6.45, 7) is 2.09. The predicted octanol–water partition coefficient (Wildman–Crippen LogP) is 4.73. The molecular weight excluding hydrogens is 350 g/mol. The van der Waals surface area contributed by atoms with Gasteiger partial charge in [-0.25, -0.2) is 9.97 Å². The van der Waals surface area contributed by atoms with E-state index in [0.29, 0.717) is 5.15 Å². The number of aryl methyl sites for hydroxylation is 1. The quantitative estimate of drug-likeness (QED) is 0.495. The van der Waals surface area contributed by atoms with Gasteiger partial charge < -0.3 is 4.98 Å². The number of rotatable bonds is 2. The minimum atomic E-state index is 0.533. The van der Waals surface area contributed by atoms with E-state index in [4.69, 9.17) is 11.6 Å². The van der Waals surface area contributed by atoms with Gasteiger partial charge in [0.05, 0.1) is 22.5 Å². The Morgan fingerprint density at radius 2 is 2.22 bits per heavy atom. The Balaban J connectivity index is 1.82. The fraction of sp³-hybridized carbons (Fsp3) is 0.0667. The van der Waals surface area contributed by atoms with Gasteiger partial charge in [-0.2, -0.15) is 0 Å². The molecule has 8 heteroatoms. The number of thiazole rings is 2. The number of fused-ring (bicyclic) bond motifs is 2. The van der Waals surface area contributed by atoms with Gasteiger partial charge in [-0.1, -0.05) is 22.9 Å². The second-order valence-electron chi connectivity index (χ2n) is 5.17. The number of H-pyrrole nitrogens is 1. The van der Waals surface area contributed by atoms with Crippen molar-refractivity contribution in [1.29, 1.82) is 0 Å². The summed E-state index contributed by atoms with van der Waals surface area (Å²) in [5.74, 6) is 0. The zero-order chi connectivity index (χ0) is 15.6. The summed E-state index contributed by atoms with van der Waals surface area (Å²) in [6, 6.07) is 4.03. The number of halogens is 1. The molecule has 0 atom stereocenters. The molecule has 0 aliphatic heterocycles. The molecule has 0 spiro atoms. The van der Waals surface area contributed by atoms with E-state index >= 15 is 0 Å². The maximum atomic E-state index is 6.39. The van der Waals surface area contributed by atoms with Crippen molar-refractivity contribution in [2.75, 3.05) is 0 Å². The Bertz CT molecular complexity index is 1140. The predicted molar refractivity (Wildman–Crippen MR) is 94.7 cm³/mol. The lowest BCUT2D eigenvalue weighted by atomic mass is 10.3. The van der Waals surface area contributed by atoms with Crippen LogP contribution in [0, 0.1) is 6.92 Å². The van der Waals surface area contributed by atoms with Crippen LogP contribution in [0.3, 0.4) is 0 Å². The van der Waals surface area contributed by atoms with Crippen LogP contribution in [0.25, 0.3) is 31.9 Å². The molecule has 1 N–H and O–H groups in total. The molecule has 5 nitrogen and oxygen atoms in total. The number of nitrogens with zero attached hydrogens (tertiary/aromatic N) is 4. The maximum Gasteiger partial charge on any atom is 0.195 e. The Kier molecular flexibility index (Phi) is 2.73. The molecule has 0 saturated carbocycles. The summed E-state index contributed by atoms with van der Waals surface area (Å²) in [7, 11) is 0. The Morgan fingerprint density at radius 3 is 3.04 bits per heavy atom. The second kappa shape index (κ2) is 4.70. The van der Waals surface area contributed by atoms with Crippen LogP contribution in [0.4, 0.5) is 0 Å².